The zero-order valence-corrected chi connectivity index (χ0v) is 45.6. The molecule has 9 heteroatoms. The molecule has 0 saturated heterocycles. The fraction of sp³-hybridized carbons (Fsp3) is 0.354. The lowest BCUT2D eigenvalue weighted by Crippen LogP contribution is -2.36. The van der Waals surface area contributed by atoms with E-state index in [2.05, 4.69) is 160 Å². The Bertz CT molecular complexity index is 3210. The second-order valence-electron chi connectivity index (χ2n) is 23.2. The van der Waals surface area contributed by atoms with Crippen LogP contribution in [-0.2, 0) is 34.0 Å². The number of aliphatic hydroxyl groups is 2. The molecular weight excluding hydrogens is 939 g/mol. The Morgan fingerprint density at radius 2 is 1.26 bits per heavy atom. The summed E-state index contributed by atoms with van der Waals surface area (Å²) in [5, 5.41) is 44.6. The van der Waals surface area contributed by atoms with Crippen molar-refractivity contribution in [2.45, 2.75) is 146 Å². The van der Waals surface area contributed by atoms with Crippen LogP contribution in [0.1, 0.15) is 181 Å². The molecule has 0 heterocycles. The van der Waals surface area contributed by atoms with E-state index in [0.717, 1.165) is 47.6 Å². The first kappa shape index (κ1) is 53.7. The molecule has 2 atom stereocenters. The smallest absolute Gasteiger partial charge is 0.347 e. The molecule has 8 rings (SSSR count). The summed E-state index contributed by atoms with van der Waals surface area (Å²) in [6, 6.07) is 34.1. The lowest BCUT2D eigenvalue weighted by Gasteiger charge is -2.44. The number of hydrogen-bond donors (Lipinski definition) is 4. The van der Waals surface area contributed by atoms with Crippen molar-refractivity contribution in [3.8, 4) is 23.3 Å². The van der Waals surface area contributed by atoms with Crippen LogP contribution < -0.4 is 9.64 Å². The molecule has 0 bridgehead atoms. The molecule has 0 aromatic heterocycles. The SMILES string of the molecule is Cc1ccc(CSc2cc(C(O)C=Cc3ccc(C(=O)Oc4cc(C#CC(O)c5cc(N(C)Cc6ccc(C)cc6)c6c(c5)C(C)(C)CCC6(C)C)ccc4C(=O)O)c(O)c3)cc3c2C(C)(C)CCC3(C)C)cc1. The Balaban J connectivity index is 1.01. The van der Waals surface area contributed by atoms with E-state index < -0.39 is 24.1 Å². The van der Waals surface area contributed by atoms with Gasteiger partial charge in [0.1, 0.15) is 28.7 Å². The van der Waals surface area contributed by atoms with Crippen LogP contribution in [0, 0.1) is 25.7 Å². The van der Waals surface area contributed by atoms with Crippen LogP contribution in [0.2, 0.25) is 0 Å². The topological polar surface area (TPSA) is 128 Å². The molecule has 0 aliphatic heterocycles. The van der Waals surface area contributed by atoms with Crippen LogP contribution in [0.3, 0.4) is 0 Å². The summed E-state index contributed by atoms with van der Waals surface area (Å²) in [7, 11) is 2.08. The van der Waals surface area contributed by atoms with Crippen LogP contribution >= 0.6 is 11.8 Å². The molecule has 74 heavy (non-hydrogen) atoms. The van der Waals surface area contributed by atoms with Gasteiger partial charge in [-0.05, 0) is 154 Å². The maximum atomic E-state index is 13.7. The second-order valence-corrected chi connectivity index (χ2v) is 24.2. The van der Waals surface area contributed by atoms with Gasteiger partial charge < -0.3 is 30.1 Å². The van der Waals surface area contributed by atoms with Crippen LogP contribution in [-0.4, -0.2) is 39.4 Å². The number of carboxylic acids is 1. The van der Waals surface area contributed by atoms with Gasteiger partial charge in [0.2, 0.25) is 0 Å². The number of fused-ring (bicyclic) bond motifs is 2. The highest BCUT2D eigenvalue weighted by Crippen LogP contribution is 2.52. The Hall–Kier alpha value is -6.57. The van der Waals surface area contributed by atoms with Crippen molar-refractivity contribution in [2.75, 3.05) is 11.9 Å². The Labute approximate surface area is 442 Å². The van der Waals surface area contributed by atoms with Gasteiger partial charge in [-0.1, -0.05) is 157 Å². The number of aliphatic hydroxyl groups excluding tert-OH is 2. The lowest BCUT2D eigenvalue weighted by atomic mass is 9.62. The van der Waals surface area contributed by atoms with Crippen molar-refractivity contribution in [3.63, 3.8) is 0 Å². The van der Waals surface area contributed by atoms with Crippen LogP contribution in [0.15, 0.2) is 120 Å². The standard InChI is InChI=1S/C65H71NO7S/c1-40-12-16-44(17-13-40)38-66(11)52-36-46(34-50-58(52)64(7,8)30-28-62(50,3)4)53(67)27-23-43-21-25-49(60(70)71)56(33-43)73-61(72)48-24-20-42(32-55(48)69)22-26-54(68)47-35-51-59(65(9,10)31-29-63(51,5)6)57(37-47)74-39-45-18-14-41(2)15-19-45/h12-22,24-26,32-37,53-54,67-69H,28-31,38-39H2,1-11H3,(H,70,71). The number of benzene rings is 6. The molecule has 0 spiro atoms. The number of esters is 1. The van der Waals surface area contributed by atoms with Crippen LogP contribution in [0.5, 0.6) is 11.5 Å². The number of carbonyl (C=O) groups excluding carboxylic acids is 1. The van der Waals surface area contributed by atoms with Gasteiger partial charge in [-0.3, -0.25) is 0 Å². The third-order valence-electron chi connectivity index (χ3n) is 15.4. The van der Waals surface area contributed by atoms with Crippen molar-refractivity contribution < 1.29 is 34.8 Å². The molecule has 8 nitrogen and oxygen atoms in total. The van der Waals surface area contributed by atoms with Crippen molar-refractivity contribution in [1.29, 1.82) is 0 Å². The fourth-order valence-corrected chi connectivity index (χ4v) is 11.8. The molecule has 0 amide bonds. The number of phenolic OH excluding ortho intramolecular Hbond substituents is 1. The highest BCUT2D eigenvalue weighted by Gasteiger charge is 2.41. The Kier molecular flexibility index (Phi) is 15.2. The zero-order chi connectivity index (χ0) is 53.5. The van der Waals surface area contributed by atoms with E-state index in [1.54, 1.807) is 30.0 Å². The number of thioether (sulfide) groups is 1. The number of aromatic hydroxyl groups is 1. The van der Waals surface area contributed by atoms with Crippen LogP contribution in [0.4, 0.5) is 5.69 Å². The summed E-state index contributed by atoms with van der Waals surface area (Å²) in [5.41, 5.74) is 12.4. The summed E-state index contributed by atoms with van der Waals surface area (Å²) in [6.07, 6.45) is 5.34. The predicted molar refractivity (Wildman–Crippen MR) is 300 cm³/mol. The van der Waals surface area contributed by atoms with E-state index in [0.29, 0.717) is 23.2 Å². The van der Waals surface area contributed by atoms with E-state index in [1.807, 2.05) is 6.07 Å². The molecule has 384 valence electrons. The summed E-state index contributed by atoms with van der Waals surface area (Å²) < 4.78 is 5.67. The van der Waals surface area contributed by atoms with Gasteiger partial charge in [0.15, 0.2) is 0 Å². The minimum absolute atomic E-state index is 0.0279. The average molecular weight is 1010 g/mol. The summed E-state index contributed by atoms with van der Waals surface area (Å²) in [5.74, 6) is 3.83. The maximum Gasteiger partial charge on any atom is 0.347 e. The normalized spacial score (nSPS) is 16.8. The Morgan fingerprint density at radius 1 is 0.689 bits per heavy atom. The zero-order valence-electron chi connectivity index (χ0n) is 44.8. The number of anilines is 1. The monoisotopic (exact) mass is 1010 g/mol. The van der Waals surface area contributed by atoms with Gasteiger partial charge in [0, 0.05) is 35.5 Å². The van der Waals surface area contributed by atoms with Gasteiger partial charge in [-0.25, -0.2) is 9.59 Å². The number of ether oxygens (including phenoxy) is 1. The summed E-state index contributed by atoms with van der Waals surface area (Å²) in [6.45, 7) is 23.1. The van der Waals surface area contributed by atoms with E-state index in [4.69, 9.17) is 4.74 Å². The number of hydrogen-bond acceptors (Lipinski definition) is 8. The van der Waals surface area contributed by atoms with E-state index >= 15 is 0 Å². The van der Waals surface area contributed by atoms with E-state index in [9.17, 15) is 30.0 Å². The number of aromatic carboxylic acids is 1. The first-order chi connectivity index (χ1) is 34.8. The molecular formula is C65H71NO7S. The van der Waals surface area contributed by atoms with Gasteiger partial charge in [-0.15, -0.1) is 11.8 Å². The highest BCUT2D eigenvalue weighted by atomic mass is 32.2. The van der Waals surface area contributed by atoms with Crippen molar-refractivity contribution in [1.82, 2.24) is 0 Å². The van der Waals surface area contributed by atoms with Crippen molar-refractivity contribution in [3.05, 3.63) is 193 Å². The molecule has 2 aliphatic rings. The van der Waals surface area contributed by atoms with Crippen molar-refractivity contribution >= 4 is 35.5 Å². The first-order valence-electron chi connectivity index (χ1n) is 25.6. The van der Waals surface area contributed by atoms with Gasteiger partial charge in [0.05, 0.1) is 6.10 Å². The van der Waals surface area contributed by atoms with Crippen molar-refractivity contribution in [2.24, 2.45) is 0 Å². The molecule has 6 aromatic rings. The largest absolute Gasteiger partial charge is 0.507 e. The molecule has 2 unspecified atom stereocenters. The quantitative estimate of drug-likeness (QED) is 0.0387. The number of carboxylic acid groups (broad SMARTS) is 1. The third kappa shape index (κ3) is 11.7. The maximum absolute atomic E-state index is 13.7. The van der Waals surface area contributed by atoms with E-state index in [-0.39, 0.29) is 44.3 Å². The molecule has 0 saturated carbocycles. The average Bonchev–Trinajstić information content (AvgIpc) is 3.35. The predicted octanol–water partition coefficient (Wildman–Crippen LogP) is 14.4. The van der Waals surface area contributed by atoms with Gasteiger partial charge in [0.25, 0.3) is 0 Å². The third-order valence-corrected chi connectivity index (χ3v) is 16.5. The van der Waals surface area contributed by atoms with Gasteiger partial charge >= 0.3 is 11.9 Å². The first-order valence-corrected chi connectivity index (χ1v) is 26.6. The molecule has 4 N–H and O–H groups in total. The van der Waals surface area contributed by atoms with Gasteiger partial charge in [-0.2, -0.15) is 0 Å². The Morgan fingerprint density at radius 3 is 1.88 bits per heavy atom. The fourth-order valence-electron chi connectivity index (χ4n) is 10.6. The molecule has 2 aliphatic carbocycles. The number of carbonyl (C=O) groups is 2. The second kappa shape index (κ2) is 21.0. The molecule has 0 fully saturated rings. The number of phenols is 1. The summed E-state index contributed by atoms with van der Waals surface area (Å²) in [4.78, 5) is 29.4. The minimum Gasteiger partial charge on any atom is -0.507 e. The molecule has 0 radical (unpaired) electrons. The molecule has 6 aromatic carbocycles. The highest BCUT2D eigenvalue weighted by molar-refractivity contribution is 7.98. The summed E-state index contributed by atoms with van der Waals surface area (Å²) >= 11 is 1.80. The minimum atomic E-state index is -1.32. The lowest BCUT2D eigenvalue weighted by molar-refractivity contribution is 0.0680. The van der Waals surface area contributed by atoms with Crippen LogP contribution in [0.25, 0.3) is 6.08 Å². The number of rotatable bonds is 13. The number of nitrogens with zero attached hydrogens (tertiary/aromatic N) is 1. The number of aryl methyl sites for hydroxylation is 2. The van der Waals surface area contributed by atoms with E-state index in [1.165, 1.54) is 74.8 Å².